The predicted octanol–water partition coefficient (Wildman–Crippen LogP) is 4.40. The van der Waals surface area contributed by atoms with Gasteiger partial charge in [0.15, 0.2) is 0 Å². The van der Waals surface area contributed by atoms with Gasteiger partial charge >= 0.3 is 0 Å². The van der Waals surface area contributed by atoms with E-state index in [1.807, 2.05) is 24.3 Å². The second kappa shape index (κ2) is 7.02. The first-order valence-electron chi connectivity index (χ1n) is 6.27. The van der Waals surface area contributed by atoms with E-state index in [4.69, 9.17) is 5.73 Å². The lowest BCUT2D eigenvalue weighted by Gasteiger charge is -2.01. The van der Waals surface area contributed by atoms with Gasteiger partial charge in [0.25, 0.3) is 0 Å². The zero-order chi connectivity index (χ0) is 13.3. The van der Waals surface area contributed by atoms with Crippen molar-refractivity contribution in [2.45, 2.75) is 0 Å². The van der Waals surface area contributed by atoms with Gasteiger partial charge in [-0.1, -0.05) is 78.9 Å². The van der Waals surface area contributed by atoms with Gasteiger partial charge in [-0.3, -0.25) is 0 Å². The van der Waals surface area contributed by atoms with Crippen molar-refractivity contribution < 1.29 is 0 Å². The number of hydrogen-bond donors (Lipinski definition) is 1. The Balaban J connectivity index is 2.07. The number of allylic oxidation sites excluding steroid dienone is 4. The molecule has 1 heteroatoms. The second-order valence-electron chi connectivity index (χ2n) is 4.12. The molecule has 0 unspecified atom stereocenters. The van der Waals surface area contributed by atoms with E-state index >= 15 is 0 Å². The highest BCUT2D eigenvalue weighted by molar-refractivity contribution is 5.65. The minimum absolute atomic E-state index is 1.18. The molecule has 2 N–H and O–H groups in total. The van der Waals surface area contributed by atoms with Crippen molar-refractivity contribution in [1.82, 2.24) is 0 Å². The van der Waals surface area contributed by atoms with Crippen LogP contribution in [0.25, 0.3) is 17.2 Å². The third-order valence-electron chi connectivity index (χ3n) is 2.75. The van der Waals surface area contributed by atoms with Crippen LogP contribution in [0.5, 0.6) is 0 Å². The monoisotopic (exact) mass is 247 g/mol. The lowest BCUT2D eigenvalue weighted by molar-refractivity contribution is 1.60. The van der Waals surface area contributed by atoms with Crippen LogP contribution in [0.3, 0.4) is 0 Å². The number of hydrogen-bond acceptors (Lipinski definition) is 1. The van der Waals surface area contributed by atoms with E-state index in [9.17, 15) is 0 Å². The minimum atomic E-state index is 1.18. The van der Waals surface area contributed by atoms with Gasteiger partial charge in [0.2, 0.25) is 0 Å². The molecule has 0 atom stereocenters. The van der Waals surface area contributed by atoms with Crippen LogP contribution in [-0.2, 0) is 0 Å². The summed E-state index contributed by atoms with van der Waals surface area (Å²) >= 11 is 0. The molecule has 0 saturated carbocycles. The fourth-order valence-corrected chi connectivity index (χ4v) is 1.78. The molecule has 94 valence electrons. The Morgan fingerprint density at radius 3 is 1.95 bits per heavy atom. The Labute approximate surface area is 114 Å². The predicted molar refractivity (Wildman–Crippen MR) is 83.4 cm³/mol. The van der Waals surface area contributed by atoms with Gasteiger partial charge < -0.3 is 5.73 Å². The van der Waals surface area contributed by atoms with Crippen LogP contribution in [0.2, 0.25) is 0 Å². The standard InChI is InChI=1S/C18H17N/c19-15-7-2-1-4-8-16-11-13-18(14-12-16)17-9-5-3-6-10-17/h1-15H,19H2/b2-1-,8-4-,15-7+. The van der Waals surface area contributed by atoms with Crippen molar-refractivity contribution in [3.8, 4) is 11.1 Å². The third kappa shape index (κ3) is 4.00. The van der Waals surface area contributed by atoms with Crippen LogP contribution < -0.4 is 5.73 Å². The van der Waals surface area contributed by atoms with Crippen LogP contribution >= 0.6 is 0 Å². The molecular formula is C18H17N. The maximum atomic E-state index is 5.24. The molecule has 0 heterocycles. The van der Waals surface area contributed by atoms with Crippen molar-refractivity contribution in [1.29, 1.82) is 0 Å². The van der Waals surface area contributed by atoms with Crippen LogP contribution in [0, 0.1) is 0 Å². The lowest BCUT2D eigenvalue weighted by Crippen LogP contribution is -1.77. The normalized spacial score (nSPS) is 11.8. The van der Waals surface area contributed by atoms with Gasteiger partial charge in [-0.15, -0.1) is 0 Å². The Kier molecular flexibility index (Phi) is 4.77. The van der Waals surface area contributed by atoms with E-state index in [-0.39, 0.29) is 0 Å². The summed E-state index contributed by atoms with van der Waals surface area (Å²) in [7, 11) is 0. The Bertz CT molecular complexity index is 575. The summed E-state index contributed by atoms with van der Waals surface area (Å²) < 4.78 is 0. The first-order chi connectivity index (χ1) is 9.40. The molecule has 1 nitrogen and oxygen atoms in total. The molecule has 0 fully saturated rings. The van der Waals surface area contributed by atoms with Crippen molar-refractivity contribution in [2.24, 2.45) is 5.73 Å². The van der Waals surface area contributed by atoms with E-state index in [1.54, 1.807) is 6.08 Å². The van der Waals surface area contributed by atoms with Crippen molar-refractivity contribution in [2.75, 3.05) is 0 Å². The molecule has 0 saturated heterocycles. The first kappa shape index (κ1) is 12.9. The summed E-state index contributed by atoms with van der Waals surface area (Å²) in [6.45, 7) is 0. The van der Waals surface area contributed by atoms with Gasteiger partial charge in [-0.2, -0.15) is 0 Å². The quantitative estimate of drug-likeness (QED) is 0.796. The summed E-state index contributed by atoms with van der Waals surface area (Å²) in [5.74, 6) is 0. The van der Waals surface area contributed by atoms with E-state index < -0.39 is 0 Å². The highest BCUT2D eigenvalue weighted by Gasteiger charge is 1.94. The SMILES string of the molecule is N/C=C/C=C\C=C/c1ccc(-c2ccccc2)cc1. The molecule has 0 radical (unpaired) electrons. The van der Waals surface area contributed by atoms with E-state index in [0.29, 0.717) is 0 Å². The molecule has 0 bridgehead atoms. The van der Waals surface area contributed by atoms with Crippen LogP contribution in [0.15, 0.2) is 85.1 Å². The molecule has 0 aliphatic carbocycles. The van der Waals surface area contributed by atoms with Crippen LogP contribution in [0.4, 0.5) is 0 Å². The molecule has 19 heavy (non-hydrogen) atoms. The van der Waals surface area contributed by atoms with Gasteiger partial charge in [0.1, 0.15) is 0 Å². The van der Waals surface area contributed by atoms with Crippen LogP contribution in [0.1, 0.15) is 5.56 Å². The fraction of sp³-hybridized carbons (Fsp3) is 0. The molecule has 0 amide bonds. The summed E-state index contributed by atoms with van der Waals surface area (Å²) in [6.07, 6.45) is 11.2. The van der Waals surface area contributed by atoms with Gasteiger partial charge in [-0.05, 0) is 29.0 Å². The first-order valence-corrected chi connectivity index (χ1v) is 6.27. The Hall–Kier alpha value is -2.54. The Morgan fingerprint density at radius 1 is 0.632 bits per heavy atom. The van der Waals surface area contributed by atoms with Gasteiger partial charge in [0.05, 0.1) is 0 Å². The zero-order valence-corrected chi connectivity index (χ0v) is 10.7. The summed E-state index contributed by atoms with van der Waals surface area (Å²) in [5, 5.41) is 0. The zero-order valence-electron chi connectivity index (χ0n) is 10.7. The molecule has 0 aromatic heterocycles. The molecule has 2 rings (SSSR count). The minimum Gasteiger partial charge on any atom is -0.405 e. The van der Waals surface area contributed by atoms with E-state index in [2.05, 4.69) is 54.6 Å². The molecular weight excluding hydrogens is 230 g/mol. The van der Waals surface area contributed by atoms with Gasteiger partial charge in [0, 0.05) is 0 Å². The average molecular weight is 247 g/mol. The summed E-state index contributed by atoms with van der Waals surface area (Å²) in [6, 6.07) is 18.9. The van der Waals surface area contributed by atoms with Crippen molar-refractivity contribution >= 4 is 6.08 Å². The fourth-order valence-electron chi connectivity index (χ4n) is 1.78. The van der Waals surface area contributed by atoms with Crippen LogP contribution in [-0.4, -0.2) is 0 Å². The summed E-state index contributed by atoms with van der Waals surface area (Å²) in [4.78, 5) is 0. The molecule has 0 aliphatic heterocycles. The maximum Gasteiger partial charge on any atom is -0.00624 e. The highest BCUT2D eigenvalue weighted by atomic mass is 14.5. The smallest absolute Gasteiger partial charge is 0.00624 e. The second-order valence-corrected chi connectivity index (χ2v) is 4.12. The largest absolute Gasteiger partial charge is 0.405 e. The number of rotatable bonds is 4. The lowest BCUT2D eigenvalue weighted by atomic mass is 10.0. The van der Waals surface area contributed by atoms with Crippen molar-refractivity contribution in [3.63, 3.8) is 0 Å². The topological polar surface area (TPSA) is 26.0 Å². The number of benzene rings is 2. The molecule has 0 spiro atoms. The highest BCUT2D eigenvalue weighted by Crippen LogP contribution is 2.19. The molecule has 2 aromatic carbocycles. The molecule has 0 aliphatic rings. The summed E-state index contributed by atoms with van der Waals surface area (Å²) in [5.41, 5.74) is 8.90. The average Bonchev–Trinajstić information content (AvgIpc) is 2.49. The Morgan fingerprint density at radius 2 is 1.26 bits per heavy atom. The van der Waals surface area contributed by atoms with Crippen molar-refractivity contribution in [3.05, 3.63) is 90.7 Å². The number of nitrogens with two attached hydrogens (primary N) is 1. The third-order valence-corrected chi connectivity index (χ3v) is 2.75. The van der Waals surface area contributed by atoms with E-state index in [1.165, 1.54) is 22.9 Å². The van der Waals surface area contributed by atoms with Gasteiger partial charge in [-0.25, -0.2) is 0 Å². The van der Waals surface area contributed by atoms with E-state index in [0.717, 1.165) is 0 Å². The maximum absolute atomic E-state index is 5.24. The molecule has 2 aromatic rings.